The zero-order valence-electron chi connectivity index (χ0n) is 15.8. The van der Waals surface area contributed by atoms with E-state index in [0.717, 1.165) is 43.3 Å². The molecule has 1 saturated heterocycles. The first-order valence-electron chi connectivity index (χ1n) is 9.25. The van der Waals surface area contributed by atoms with Crippen molar-refractivity contribution < 1.29 is 4.74 Å². The van der Waals surface area contributed by atoms with Gasteiger partial charge in [0, 0.05) is 63.6 Å². The Morgan fingerprint density at radius 2 is 2.00 bits per heavy atom. The third-order valence-corrected chi connectivity index (χ3v) is 5.18. The number of nitrogens with zero attached hydrogens (tertiary/aromatic N) is 4. The average Bonchev–Trinajstić information content (AvgIpc) is 3.15. The molecule has 0 aliphatic carbocycles. The summed E-state index contributed by atoms with van der Waals surface area (Å²) in [4.78, 5) is 11.2. The fraction of sp³-hybridized carbons (Fsp3) is 0.333. The average molecular weight is 363 g/mol. The highest BCUT2D eigenvalue weighted by atomic mass is 16.5. The van der Waals surface area contributed by atoms with Gasteiger partial charge in [-0.2, -0.15) is 0 Å². The normalized spacial score (nSPS) is 17.8. The number of aryl methyl sites for hydroxylation is 1. The molecule has 0 bridgehead atoms. The molecule has 1 fully saturated rings. The maximum absolute atomic E-state index is 5.65. The van der Waals surface area contributed by atoms with Crippen LogP contribution < -0.4 is 10.1 Å². The molecule has 6 nitrogen and oxygen atoms in total. The van der Waals surface area contributed by atoms with Crippen molar-refractivity contribution in [2.24, 2.45) is 7.05 Å². The molecule has 2 aromatic heterocycles. The molecule has 6 heteroatoms. The van der Waals surface area contributed by atoms with Crippen LogP contribution in [0, 0.1) is 0 Å². The van der Waals surface area contributed by atoms with Crippen molar-refractivity contribution in [1.29, 1.82) is 0 Å². The largest absolute Gasteiger partial charge is 0.496 e. The molecule has 0 amide bonds. The van der Waals surface area contributed by atoms with Crippen molar-refractivity contribution in [3.05, 3.63) is 66.5 Å². The van der Waals surface area contributed by atoms with Crippen LogP contribution in [0.2, 0.25) is 0 Å². The van der Waals surface area contributed by atoms with Gasteiger partial charge in [0.25, 0.3) is 0 Å². The molecule has 1 aromatic carbocycles. The van der Waals surface area contributed by atoms with Gasteiger partial charge in [-0.15, -0.1) is 0 Å². The standard InChI is InChI=1S/C21H25N5O/c1-25-11-10-24-21(25)19-14-23-9-12-26(19)15-18-13-17(3-4-20(18)27-2)16-5-7-22-8-6-16/h3-8,10-11,13,19,23H,9,12,14-15H2,1-2H3. The van der Waals surface area contributed by atoms with E-state index in [-0.39, 0.29) is 6.04 Å². The number of pyridine rings is 1. The highest BCUT2D eigenvalue weighted by molar-refractivity contribution is 5.65. The van der Waals surface area contributed by atoms with Crippen molar-refractivity contribution in [3.8, 4) is 16.9 Å². The minimum atomic E-state index is 0.244. The van der Waals surface area contributed by atoms with Crippen LogP contribution in [0.4, 0.5) is 0 Å². The van der Waals surface area contributed by atoms with Crippen LogP contribution in [0.3, 0.4) is 0 Å². The van der Waals surface area contributed by atoms with Gasteiger partial charge in [0.05, 0.1) is 13.2 Å². The molecule has 140 valence electrons. The first-order valence-corrected chi connectivity index (χ1v) is 9.25. The van der Waals surface area contributed by atoms with Crippen LogP contribution >= 0.6 is 0 Å². The Morgan fingerprint density at radius 1 is 1.15 bits per heavy atom. The van der Waals surface area contributed by atoms with E-state index in [9.17, 15) is 0 Å². The number of imidazole rings is 1. The van der Waals surface area contributed by atoms with Crippen molar-refractivity contribution in [2.45, 2.75) is 12.6 Å². The summed E-state index contributed by atoms with van der Waals surface area (Å²) in [5, 5.41) is 3.50. The Hall–Kier alpha value is -2.70. The van der Waals surface area contributed by atoms with Gasteiger partial charge in [-0.05, 0) is 35.4 Å². The number of hydrogen-bond acceptors (Lipinski definition) is 5. The van der Waals surface area contributed by atoms with E-state index in [1.54, 1.807) is 7.11 Å². The number of methoxy groups -OCH3 is 1. The first kappa shape index (κ1) is 17.7. The fourth-order valence-corrected chi connectivity index (χ4v) is 3.73. The predicted molar refractivity (Wildman–Crippen MR) is 105 cm³/mol. The smallest absolute Gasteiger partial charge is 0.127 e. The van der Waals surface area contributed by atoms with Gasteiger partial charge < -0.3 is 14.6 Å². The van der Waals surface area contributed by atoms with Crippen molar-refractivity contribution in [2.75, 3.05) is 26.7 Å². The highest BCUT2D eigenvalue weighted by Crippen LogP contribution is 2.30. The second-order valence-corrected chi connectivity index (χ2v) is 6.85. The molecule has 27 heavy (non-hydrogen) atoms. The Labute approximate surface area is 159 Å². The van der Waals surface area contributed by atoms with Crippen LogP contribution in [-0.2, 0) is 13.6 Å². The monoisotopic (exact) mass is 363 g/mol. The fourth-order valence-electron chi connectivity index (χ4n) is 3.73. The summed E-state index contributed by atoms with van der Waals surface area (Å²) < 4.78 is 7.76. The lowest BCUT2D eigenvalue weighted by molar-refractivity contribution is 0.143. The topological polar surface area (TPSA) is 55.2 Å². The maximum atomic E-state index is 5.65. The summed E-state index contributed by atoms with van der Waals surface area (Å²) in [6, 6.07) is 10.7. The summed E-state index contributed by atoms with van der Waals surface area (Å²) in [5.74, 6) is 2.01. The Kier molecular flexibility index (Phi) is 5.18. The summed E-state index contributed by atoms with van der Waals surface area (Å²) in [5.41, 5.74) is 3.53. The third kappa shape index (κ3) is 3.72. The molecule has 1 atom stereocenters. The number of aromatic nitrogens is 3. The van der Waals surface area contributed by atoms with Crippen LogP contribution in [-0.4, -0.2) is 46.2 Å². The molecule has 3 heterocycles. The van der Waals surface area contributed by atoms with Gasteiger partial charge in [0.2, 0.25) is 0 Å². The third-order valence-electron chi connectivity index (χ3n) is 5.18. The summed E-state index contributed by atoms with van der Waals surface area (Å²) >= 11 is 0. The summed E-state index contributed by atoms with van der Waals surface area (Å²) in [6.07, 6.45) is 7.53. The van der Waals surface area contributed by atoms with Crippen LogP contribution in [0.5, 0.6) is 5.75 Å². The Morgan fingerprint density at radius 3 is 2.74 bits per heavy atom. The first-order chi connectivity index (χ1) is 13.3. The number of rotatable bonds is 5. The SMILES string of the molecule is COc1ccc(-c2ccncc2)cc1CN1CCNCC1c1nccn1C. The maximum Gasteiger partial charge on any atom is 0.127 e. The summed E-state index contributed by atoms with van der Waals surface area (Å²) in [7, 11) is 3.79. The zero-order valence-corrected chi connectivity index (χ0v) is 15.8. The summed E-state index contributed by atoms with van der Waals surface area (Å²) in [6.45, 7) is 3.67. The van der Waals surface area contributed by atoms with Gasteiger partial charge in [-0.25, -0.2) is 4.98 Å². The van der Waals surface area contributed by atoms with Gasteiger partial charge in [-0.1, -0.05) is 6.07 Å². The molecule has 0 saturated carbocycles. The zero-order chi connectivity index (χ0) is 18.6. The lowest BCUT2D eigenvalue weighted by Gasteiger charge is -2.36. The van der Waals surface area contributed by atoms with E-state index in [1.165, 1.54) is 11.1 Å². The van der Waals surface area contributed by atoms with E-state index >= 15 is 0 Å². The molecule has 4 rings (SSSR count). The van der Waals surface area contributed by atoms with Crippen LogP contribution in [0.1, 0.15) is 17.4 Å². The van der Waals surface area contributed by atoms with Gasteiger partial charge in [0.1, 0.15) is 11.6 Å². The van der Waals surface area contributed by atoms with Crippen molar-refractivity contribution in [3.63, 3.8) is 0 Å². The molecular formula is C21H25N5O. The van der Waals surface area contributed by atoms with Crippen molar-refractivity contribution >= 4 is 0 Å². The van der Waals surface area contributed by atoms with E-state index in [1.807, 2.05) is 36.9 Å². The number of nitrogens with one attached hydrogen (secondary N) is 1. The molecule has 1 aliphatic heterocycles. The number of hydrogen-bond donors (Lipinski definition) is 1. The van der Waals surface area contributed by atoms with Gasteiger partial charge in [-0.3, -0.25) is 9.88 Å². The number of benzene rings is 1. The number of piperazine rings is 1. The van der Waals surface area contributed by atoms with Crippen LogP contribution in [0.15, 0.2) is 55.1 Å². The van der Waals surface area contributed by atoms with Gasteiger partial charge in [0.15, 0.2) is 0 Å². The minimum absolute atomic E-state index is 0.244. The molecule has 1 aliphatic rings. The quantitative estimate of drug-likeness (QED) is 0.755. The molecular weight excluding hydrogens is 338 g/mol. The second-order valence-electron chi connectivity index (χ2n) is 6.85. The highest BCUT2D eigenvalue weighted by Gasteiger charge is 2.27. The van der Waals surface area contributed by atoms with E-state index in [4.69, 9.17) is 4.74 Å². The van der Waals surface area contributed by atoms with Crippen molar-refractivity contribution in [1.82, 2.24) is 24.8 Å². The van der Waals surface area contributed by atoms with E-state index in [2.05, 4.69) is 50.0 Å². The molecule has 3 aromatic rings. The molecule has 0 spiro atoms. The van der Waals surface area contributed by atoms with Gasteiger partial charge >= 0.3 is 0 Å². The molecule has 0 radical (unpaired) electrons. The van der Waals surface area contributed by atoms with Crippen LogP contribution in [0.25, 0.3) is 11.1 Å². The van der Waals surface area contributed by atoms with E-state index < -0.39 is 0 Å². The Balaban J connectivity index is 1.64. The molecule has 1 N–H and O–H groups in total. The predicted octanol–water partition coefficient (Wildman–Crippen LogP) is 2.64. The number of ether oxygens (including phenoxy) is 1. The molecule has 1 unspecified atom stereocenters. The lowest BCUT2D eigenvalue weighted by atomic mass is 10.0. The Bertz CT molecular complexity index is 893. The minimum Gasteiger partial charge on any atom is -0.496 e. The van der Waals surface area contributed by atoms with E-state index in [0.29, 0.717) is 0 Å². The second kappa shape index (κ2) is 7.90. The lowest BCUT2D eigenvalue weighted by Crippen LogP contribution is -2.46.